The number of hydrogen-bond acceptors (Lipinski definition) is 3. The number of carbonyl (C=O) groups excluding carboxylic acids is 1. The van der Waals surface area contributed by atoms with E-state index in [1.807, 2.05) is 0 Å². The molecule has 5 nitrogen and oxygen atoms in total. The van der Waals surface area contributed by atoms with Gasteiger partial charge in [0, 0.05) is 0 Å². The molecule has 0 unspecified atom stereocenters. The van der Waals surface area contributed by atoms with E-state index in [4.69, 9.17) is 0 Å². The van der Waals surface area contributed by atoms with Gasteiger partial charge in [-0.25, -0.2) is 8.42 Å². The molecule has 0 aromatic heterocycles. The summed E-state index contributed by atoms with van der Waals surface area (Å²) in [7, 11) is -3.36. The molecule has 0 spiro atoms. The second-order valence-corrected chi connectivity index (χ2v) is 5.41. The minimum Gasteiger partial charge on any atom is -0.324 e. The molecule has 0 atom stereocenters. The Hall–Kier alpha value is -1.08. The van der Waals surface area contributed by atoms with Crippen molar-refractivity contribution in [2.24, 2.45) is 0 Å². The first-order valence-electron chi connectivity index (χ1n) is 4.35. The van der Waals surface area contributed by atoms with Gasteiger partial charge in [-0.15, -0.1) is 0 Å². The summed E-state index contributed by atoms with van der Waals surface area (Å²) in [6, 6.07) is 6.58. The molecule has 0 heterocycles. The third-order valence-corrected chi connectivity index (χ3v) is 2.72. The summed E-state index contributed by atoms with van der Waals surface area (Å²) in [4.78, 5) is 11.2. The van der Waals surface area contributed by atoms with E-state index >= 15 is 0 Å². The molecular weight excluding hydrogens is 296 g/mol. The van der Waals surface area contributed by atoms with Gasteiger partial charge in [-0.05, 0) is 12.1 Å². The zero-order valence-corrected chi connectivity index (χ0v) is 10.9. The molecule has 7 heteroatoms. The van der Waals surface area contributed by atoms with E-state index in [-0.39, 0.29) is 11.2 Å². The summed E-state index contributed by atoms with van der Waals surface area (Å²) in [5.41, 5.74) is 0.775. The maximum Gasteiger partial charge on any atom is 0.235 e. The SMILES string of the molecule is CS(=O)(=O)Nc1ccccc1NC(=O)CBr. The summed E-state index contributed by atoms with van der Waals surface area (Å²) < 4.78 is 24.5. The van der Waals surface area contributed by atoms with Crippen LogP contribution in [0, 0.1) is 0 Å². The average Bonchev–Trinajstić information content (AvgIpc) is 2.18. The van der Waals surface area contributed by atoms with Crippen LogP contribution in [-0.2, 0) is 14.8 Å². The number of halogens is 1. The minimum atomic E-state index is -3.36. The molecule has 1 aromatic carbocycles. The molecule has 0 aliphatic carbocycles. The Bertz CT molecular complexity index is 487. The normalized spacial score (nSPS) is 10.9. The number of hydrogen-bond donors (Lipinski definition) is 2. The van der Waals surface area contributed by atoms with Gasteiger partial charge in [0.25, 0.3) is 0 Å². The molecule has 0 saturated heterocycles. The molecule has 0 bridgehead atoms. The smallest absolute Gasteiger partial charge is 0.235 e. The first kappa shape index (κ1) is 13.0. The van der Waals surface area contributed by atoms with Crippen LogP contribution in [0.15, 0.2) is 24.3 Å². The number of benzene rings is 1. The van der Waals surface area contributed by atoms with Crippen molar-refractivity contribution in [3.63, 3.8) is 0 Å². The predicted octanol–water partition coefficient (Wildman–Crippen LogP) is 1.39. The Morgan fingerprint density at radius 1 is 1.31 bits per heavy atom. The van der Waals surface area contributed by atoms with Gasteiger partial charge < -0.3 is 5.32 Å². The molecule has 0 radical (unpaired) electrons. The van der Waals surface area contributed by atoms with E-state index in [1.165, 1.54) is 0 Å². The zero-order valence-electron chi connectivity index (χ0n) is 8.53. The summed E-state index contributed by atoms with van der Waals surface area (Å²) in [6.45, 7) is 0. The van der Waals surface area contributed by atoms with E-state index in [1.54, 1.807) is 24.3 Å². The summed E-state index contributed by atoms with van der Waals surface area (Å²) in [5, 5.41) is 2.72. The molecule has 88 valence electrons. The maximum atomic E-state index is 11.2. The molecule has 1 rings (SSSR count). The number of carbonyl (C=O) groups is 1. The second-order valence-electron chi connectivity index (χ2n) is 3.10. The first-order valence-corrected chi connectivity index (χ1v) is 7.36. The number of para-hydroxylation sites is 2. The number of rotatable bonds is 4. The van der Waals surface area contributed by atoms with E-state index < -0.39 is 10.0 Å². The van der Waals surface area contributed by atoms with E-state index in [9.17, 15) is 13.2 Å². The van der Waals surface area contributed by atoms with Crippen LogP contribution in [0.5, 0.6) is 0 Å². The van der Waals surface area contributed by atoms with E-state index in [2.05, 4.69) is 26.0 Å². The first-order chi connectivity index (χ1) is 7.42. The third kappa shape index (κ3) is 4.19. The lowest BCUT2D eigenvalue weighted by molar-refractivity contribution is -0.113. The van der Waals surface area contributed by atoms with Crippen LogP contribution in [0.2, 0.25) is 0 Å². The van der Waals surface area contributed by atoms with Crippen LogP contribution in [0.25, 0.3) is 0 Å². The van der Waals surface area contributed by atoms with Crippen LogP contribution < -0.4 is 10.0 Å². The fourth-order valence-corrected chi connectivity index (χ4v) is 1.78. The largest absolute Gasteiger partial charge is 0.324 e. The van der Waals surface area contributed by atoms with Crippen molar-refractivity contribution in [2.75, 3.05) is 21.6 Å². The molecule has 0 saturated carbocycles. The van der Waals surface area contributed by atoms with Gasteiger partial charge in [0.15, 0.2) is 0 Å². The standard InChI is InChI=1S/C9H11BrN2O3S/c1-16(14,15)12-8-5-3-2-4-7(8)11-9(13)6-10/h2-5,12H,6H2,1H3,(H,11,13). The number of nitrogens with one attached hydrogen (secondary N) is 2. The molecule has 0 fully saturated rings. The van der Waals surface area contributed by atoms with Crippen molar-refractivity contribution in [2.45, 2.75) is 0 Å². The lowest BCUT2D eigenvalue weighted by Crippen LogP contribution is -2.16. The van der Waals surface area contributed by atoms with Gasteiger partial charge >= 0.3 is 0 Å². The number of alkyl halides is 1. The molecule has 2 N–H and O–H groups in total. The quantitative estimate of drug-likeness (QED) is 0.826. The van der Waals surface area contributed by atoms with Crippen molar-refractivity contribution in [3.8, 4) is 0 Å². The second kappa shape index (κ2) is 5.31. The number of amides is 1. The molecule has 1 aromatic rings. The van der Waals surface area contributed by atoms with Gasteiger partial charge in [0.2, 0.25) is 15.9 Å². The van der Waals surface area contributed by atoms with Gasteiger partial charge in [-0.2, -0.15) is 0 Å². The van der Waals surface area contributed by atoms with Gasteiger partial charge in [-0.3, -0.25) is 9.52 Å². The van der Waals surface area contributed by atoms with Crippen molar-refractivity contribution in [1.82, 2.24) is 0 Å². The van der Waals surface area contributed by atoms with Crippen molar-refractivity contribution in [3.05, 3.63) is 24.3 Å². The van der Waals surface area contributed by atoms with Crippen LogP contribution >= 0.6 is 15.9 Å². The molecule has 0 aliphatic heterocycles. The highest BCUT2D eigenvalue weighted by Gasteiger charge is 2.08. The lowest BCUT2D eigenvalue weighted by Gasteiger charge is -2.10. The predicted molar refractivity (Wildman–Crippen MR) is 67.3 cm³/mol. The fraction of sp³-hybridized carbons (Fsp3) is 0.222. The van der Waals surface area contributed by atoms with E-state index in [0.29, 0.717) is 11.4 Å². The Balaban J connectivity index is 2.96. The molecule has 0 aliphatic rings. The summed E-state index contributed by atoms with van der Waals surface area (Å²) in [6.07, 6.45) is 1.05. The Morgan fingerprint density at radius 2 is 1.88 bits per heavy atom. The average molecular weight is 307 g/mol. The van der Waals surface area contributed by atoms with Crippen LogP contribution in [0.1, 0.15) is 0 Å². The third-order valence-electron chi connectivity index (χ3n) is 1.62. The van der Waals surface area contributed by atoms with Crippen LogP contribution in [-0.4, -0.2) is 25.9 Å². The highest BCUT2D eigenvalue weighted by atomic mass is 79.9. The van der Waals surface area contributed by atoms with Crippen molar-refractivity contribution < 1.29 is 13.2 Å². The lowest BCUT2D eigenvalue weighted by atomic mass is 10.3. The number of sulfonamides is 1. The monoisotopic (exact) mass is 306 g/mol. The van der Waals surface area contributed by atoms with Crippen LogP contribution in [0.3, 0.4) is 0 Å². The Morgan fingerprint density at radius 3 is 2.38 bits per heavy atom. The van der Waals surface area contributed by atoms with Gasteiger partial charge in [-0.1, -0.05) is 28.1 Å². The zero-order chi connectivity index (χ0) is 12.2. The molecular formula is C9H11BrN2O3S. The Labute approximate surface area is 102 Å². The van der Waals surface area contributed by atoms with Crippen LogP contribution in [0.4, 0.5) is 11.4 Å². The highest BCUT2D eigenvalue weighted by molar-refractivity contribution is 9.09. The number of anilines is 2. The van der Waals surface area contributed by atoms with Gasteiger partial charge in [0.1, 0.15) is 0 Å². The summed E-state index contributed by atoms with van der Waals surface area (Å²) in [5.74, 6) is -0.247. The summed E-state index contributed by atoms with van der Waals surface area (Å²) >= 11 is 3.01. The van der Waals surface area contributed by atoms with Gasteiger partial charge in [0.05, 0.1) is 23.0 Å². The van der Waals surface area contributed by atoms with Crippen molar-refractivity contribution >= 4 is 43.2 Å². The highest BCUT2D eigenvalue weighted by Crippen LogP contribution is 2.21. The molecule has 1 amide bonds. The minimum absolute atomic E-state index is 0.153. The topological polar surface area (TPSA) is 75.3 Å². The Kier molecular flexibility index (Phi) is 4.31. The van der Waals surface area contributed by atoms with E-state index in [0.717, 1.165) is 6.26 Å². The molecule has 16 heavy (non-hydrogen) atoms. The van der Waals surface area contributed by atoms with Crippen molar-refractivity contribution in [1.29, 1.82) is 0 Å². The fourth-order valence-electron chi connectivity index (χ4n) is 1.06. The maximum absolute atomic E-state index is 11.2.